The van der Waals surface area contributed by atoms with Crippen molar-refractivity contribution in [3.8, 4) is 0 Å². The number of carbonyl (C=O) groups excluding carboxylic acids is 3. The van der Waals surface area contributed by atoms with Gasteiger partial charge in [0.05, 0.1) is 6.54 Å². The standard InChI is InChI=1S/C21H24N6O5/c1-21(13-8-9-13)18(30)27(20(32)24-21)11-14(28)25(2)15-16(22)26(19(31)23-17(15)29)10-12-6-4-3-5-7-12/h3-7,13H,8-11,22H2,1-2H3,(H,24,32)(H,23,29,31)/t21-/m1/s1. The van der Waals surface area contributed by atoms with Gasteiger partial charge in [-0.15, -0.1) is 0 Å². The summed E-state index contributed by atoms with van der Waals surface area (Å²) < 4.78 is 1.15. The molecule has 0 spiro atoms. The minimum Gasteiger partial charge on any atom is -0.383 e. The number of nitrogens with one attached hydrogen (secondary N) is 2. The highest BCUT2D eigenvalue weighted by Crippen LogP contribution is 2.42. The maximum absolute atomic E-state index is 12.9. The van der Waals surface area contributed by atoms with Gasteiger partial charge >= 0.3 is 11.7 Å². The number of imide groups is 1. The third-order valence-corrected chi connectivity index (χ3v) is 6.10. The van der Waals surface area contributed by atoms with Crippen molar-refractivity contribution in [2.75, 3.05) is 24.2 Å². The summed E-state index contributed by atoms with van der Waals surface area (Å²) in [5, 5.41) is 2.67. The molecule has 1 aromatic carbocycles. The van der Waals surface area contributed by atoms with Crippen LogP contribution in [-0.2, 0) is 16.1 Å². The maximum atomic E-state index is 12.9. The molecule has 11 nitrogen and oxygen atoms in total. The maximum Gasteiger partial charge on any atom is 0.330 e. The minimum atomic E-state index is -1.02. The van der Waals surface area contributed by atoms with Gasteiger partial charge in [0.25, 0.3) is 11.5 Å². The van der Waals surface area contributed by atoms with Crippen molar-refractivity contribution in [2.24, 2.45) is 5.92 Å². The molecule has 2 aliphatic rings. The van der Waals surface area contributed by atoms with Gasteiger partial charge in [-0.05, 0) is 31.2 Å². The Morgan fingerprint density at radius 1 is 1.19 bits per heavy atom. The van der Waals surface area contributed by atoms with Gasteiger partial charge < -0.3 is 16.0 Å². The summed E-state index contributed by atoms with van der Waals surface area (Å²) in [6.07, 6.45) is 1.66. The summed E-state index contributed by atoms with van der Waals surface area (Å²) in [5.41, 5.74) is 4.08. The topological polar surface area (TPSA) is 151 Å². The highest BCUT2D eigenvalue weighted by Gasteiger charge is 2.56. The van der Waals surface area contributed by atoms with E-state index in [1.54, 1.807) is 31.2 Å². The van der Waals surface area contributed by atoms with E-state index in [-0.39, 0.29) is 24.0 Å². The first-order chi connectivity index (χ1) is 15.1. The summed E-state index contributed by atoms with van der Waals surface area (Å²) in [6, 6.07) is 8.35. The van der Waals surface area contributed by atoms with E-state index in [1.807, 2.05) is 6.07 Å². The molecule has 2 heterocycles. The molecule has 1 aliphatic heterocycles. The molecule has 1 aromatic heterocycles. The number of likely N-dealkylation sites (N-methyl/N-ethyl adjacent to an activating group) is 1. The number of amides is 4. The lowest BCUT2D eigenvalue weighted by Gasteiger charge is -2.23. The summed E-state index contributed by atoms with van der Waals surface area (Å²) >= 11 is 0. The van der Waals surface area contributed by atoms with Gasteiger partial charge in [0.2, 0.25) is 5.91 Å². The largest absolute Gasteiger partial charge is 0.383 e. The predicted molar refractivity (Wildman–Crippen MR) is 116 cm³/mol. The summed E-state index contributed by atoms with van der Waals surface area (Å²) in [7, 11) is 1.30. The van der Waals surface area contributed by atoms with Crippen molar-refractivity contribution >= 4 is 29.4 Å². The van der Waals surface area contributed by atoms with Crippen molar-refractivity contribution in [1.29, 1.82) is 0 Å². The molecule has 4 rings (SSSR count). The zero-order valence-corrected chi connectivity index (χ0v) is 17.8. The third-order valence-electron chi connectivity index (χ3n) is 6.10. The molecule has 1 saturated carbocycles. The second-order valence-electron chi connectivity index (χ2n) is 8.32. The summed E-state index contributed by atoms with van der Waals surface area (Å²) in [5.74, 6) is -1.31. The highest BCUT2D eigenvalue weighted by atomic mass is 16.2. The first-order valence-electron chi connectivity index (χ1n) is 10.2. The number of anilines is 2. The van der Waals surface area contributed by atoms with Gasteiger partial charge in [0.15, 0.2) is 5.69 Å². The van der Waals surface area contributed by atoms with Crippen molar-refractivity contribution in [3.05, 3.63) is 56.7 Å². The van der Waals surface area contributed by atoms with Crippen LogP contribution in [0, 0.1) is 5.92 Å². The van der Waals surface area contributed by atoms with Crippen molar-refractivity contribution in [2.45, 2.75) is 31.8 Å². The second-order valence-corrected chi connectivity index (χ2v) is 8.32. The molecule has 168 valence electrons. The number of nitrogens with two attached hydrogens (primary N) is 1. The molecule has 4 amide bonds. The van der Waals surface area contributed by atoms with E-state index >= 15 is 0 Å². The van der Waals surface area contributed by atoms with Crippen molar-refractivity contribution in [1.82, 2.24) is 19.8 Å². The van der Waals surface area contributed by atoms with Gasteiger partial charge in [-0.2, -0.15) is 0 Å². The highest BCUT2D eigenvalue weighted by molar-refractivity contribution is 6.10. The van der Waals surface area contributed by atoms with Gasteiger partial charge in [-0.3, -0.25) is 28.8 Å². The Balaban J connectivity index is 1.59. The van der Waals surface area contributed by atoms with Crippen LogP contribution in [0.4, 0.5) is 16.3 Å². The number of hydrogen-bond acceptors (Lipinski definition) is 6. The van der Waals surface area contributed by atoms with E-state index in [2.05, 4.69) is 10.3 Å². The van der Waals surface area contributed by atoms with Crippen LogP contribution >= 0.6 is 0 Å². The van der Waals surface area contributed by atoms with E-state index in [1.165, 1.54) is 7.05 Å². The molecular weight excluding hydrogens is 416 g/mol. The summed E-state index contributed by atoms with van der Waals surface area (Å²) in [6.45, 7) is 1.19. The van der Waals surface area contributed by atoms with E-state index < -0.39 is 41.2 Å². The lowest BCUT2D eigenvalue weighted by Crippen LogP contribution is -2.47. The van der Waals surface area contributed by atoms with Crippen LogP contribution in [0.5, 0.6) is 0 Å². The minimum absolute atomic E-state index is 0.0526. The van der Waals surface area contributed by atoms with Crippen LogP contribution in [0.3, 0.4) is 0 Å². The van der Waals surface area contributed by atoms with Crippen LogP contribution < -0.4 is 27.2 Å². The number of rotatable bonds is 6. The number of nitrogen functional groups attached to an aromatic ring is 1. The molecule has 4 N–H and O–H groups in total. The molecule has 1 saturated heterocycles. The molecule has 0 bridgehead atoms. The first-order valence-corrected chi connectivity index (χ1v) is 10.2. The molecular formula is C21H24N6O5. The Morgan fingerprint density at radius 2 is 1.84 bits per heavy atom. The van der Waals surface area contributed by atoms with Gasteiger partial charge in [-0.1, -0.05) is 30.3 Å². The van der Waals surface area contributed by atoms with Crippen molar-refractivity contribution < 1.29 is 14.4 Å². The van der Waals surface area contributed by atoms with Crippen LogP contribution in [0.25, 0.3) is 0 Å². The number of urea groups is 1. The Morgan fingerprint density at radius 3 is 2.47 bits per heavy atom. The normalized spacial score (nSPS) is 20.4. The van der Waals surface area contributed by atoms with Crippen LogP contribution in [0.15, 0.2) is 39.9 Å². The third kappa shape index (κ3) is 3.55. The Kier molecular flexibility index (Phi) is 5.11. The van der Waals surface area contributed by atoms with E-state index in [9.17, 15) is 24.0 Å². The molecule has 1 aliphatic carbocycles. The fourth-order valence-corrected chi connectivity index (χ4v) is 3.99. The zero-order chi connectivity index (χ0) is 23.2. The smallest absolute Gasteiger partial charge is 0.330 e. The first kappa shape index (κ1) is 21.3. The Bertz CT molecular complexity index is 1220. The number of benzene rings is 1. The SMILES string of the molecule is CN(C(=O)CN1C(=O)N[C@](C)(C2CC2)C1=O)c1c(N)n(Cc2ccccc2)c(=O)[nH]c1=O. The molecule has 1 atom stereocenters. The molecule has 2 aromatic rings. The monoisotopic (exact) mass is 440 g/mol. The van der Waals surface area contributed by atoms with Crippen molar-refractivity contribution in [3.63, 3.8) is 0 Å². The number of aromatic nitrogens is 2. The van der Waals surface area contributed by atoms with E-state index in [0.29, 0.717) is 0 Å². The quantitative estimate of drug-likeness (QED) is 0.532. The molecule has 32 heavy (non-hydrogen) atoms. The average Bonchev–Trinajstić information content (AvgIpc) is 3.57. The van der Waals surface area contributed by atoms with Gasteiger partial charge in [-0.25, -0.2) is 9.59 Å². The molecule has 11 heteroatoms. The van der Waals surface area contributed by atoms with E-state index in [0.717, 1.165) is 32.8 Å². The fraction of sp³-hybridized carbons (Fsp3) is 0.381. The van der Waals surface area contributed by atoms with E-state index in [4.69, 9.17) is 5.73 Å². The lowest BCUT2D eigenvalue weighted by molar-refractivity contribution is -0.134. The Labute approximate surface area is 182 Å². The van der Waals surface area contributed by atoms with Crippen LogP contribution in [0.1, 0.15) is 25.3 Å². The van der Waals surface area contributed by atoms with Crippen LogP contribution in [0.2, 0.25) is 0 Å². The number of H-pyrrole nitrogens is 1. The predicted octanol–water partition coefficient (Wildman–Crippen LogP) is -0.150. The second kappa shape index (κ2) is 7.66. The number of nitrogens with zero attached hydrogens (tertiary/aromatic N) is 3. The average molecular weight is 440 g/mol. The number of hydrogen-bond donors (Lipinski definition) is 3. The number of carbonyl (C=O) groups is 3. The fourth-order valence-electron chi connectivity index (χ4n) is 3.99. The number of aromatic amines is 1. The molecule has 0 radical (unpaired) electrons. The van der Waals surface area contributed by atoms with Crippen LogP contribution in [-0.4, -0.2) is 51.4 Å². The summed E-state index contributed by atoms with van der Waals surface area (Å²) in [4.78, 5) is 66.8. The van der Waals surface area contributed by atoms with Gasteiger partial charge in [0, 0.05) is 7.05 Å². The molecule has 2 fully saturated rings. The lowest BCUT2D eigenvalue weighted by atomic mass is 9.96. The van der Waals surface area contributed by atoms with Gasteiger partial charge in [0.1, 0.15) is 17.9 Å². The zero-order valence-electron chi connectivity index (χ0n) is 17.8. The molecule has 0 unspecified atom stereocenters. The Hall–Kier alpha value is -3.89.